The summed E-state index contributed by atoms with van der Waals surface area (Å²) in [7, 11) is 0. The molecule has 5 heteroatoms. The average Bonchev–Trinajstić information content (AvgIpc) is 2.81. The van der Waals surface area contributed by atoms with E-state index in [1.807, 2.05) is 24.3 Å². The first-order chi connectivity index (χ1) is 8.24. The number of hydrogen-bond donors (Lipinski definition) is 2. The van der Waals surface area contributed by atoms with E-state index in [1.54, 1.807) is 0 Å². The van der Waals surface area contributed by atoms with Crippen LogP contribution in [0.3, 0.4) is 0 Å². The molecular weight excluding hydrogens is 284 g/mol. The zero-order valence-corrected chi connectivity index (χ0v) is 11.0. The van der Waals surface area contributed by atoms with Gasteiger partial charge in [0.1, 0.15) is 0 Å². The molecule has 17 heavy (non-hydrogen) atoms. The highest BCUT2D eigenvalue weighted by atomic mass is 79.9. The van der Waals surface area contributed by atoms with E-state index in [0.717, 1.165) is 23.1 Å². The van der Waals surface area contributed by atoms with Crippen LogP contribution in [0.4, 0.5) is 4.79 Å². The predicted molar refractivity (Wildman–Crippen MR) is 68.7 cm³/mol. The number of carbonyl (C=O) groups is 1. The van der Waals surface area contributed by atoms with E-state index in [1.165, 1.54) is 0 Å². The van der Waals surface area contributed by atoms with Crippen molar-refractivity contribution in [1.29, 1.82) is 0 Å². The quantitative estimate of drug-likeness (QED) is 0.897. The van der Waals surface area contributed by atoms with Gasteiger partial charge in [-0.2, -0.15) is 0 Å². The molecule has 0 aliphatic carbocycles. The molecule has 0 bridgehead atoms. The van der Waals surface area contributed by atoms with Gasteiger partial charge in [0.2, 0.25) is 0 Å². The number of nitrogens with one attached hydrogen (secondary N) is 2. The molecule has 1 fully saturated rings. The topological polar surface area (TPSA) is 50.4 Å². The molecule has 1 aliphatic rings. The van der Waals surface area contributed by atoms with E-state index in [0.29, 0.717) is 13.2 Å². The monoisotopic (exact) mass is 298 g/mol. The maximum atomic E-state index is 11.6. The van der Waals surface area contributed by atoms with Gasteiger partial charge in [-0.3, -0.25) is 0 Å². The Hall–Kier alpha value is -1.07. The van der Waals surface area contributed by atoms with E-state index >= 15 is 0 Å². The van der Waals surface area contributed by atoms with Gasteiger partial charge in [-0.05, 0) is 24.1 Å². The normalized spacial score (nSPS) is 19.0. The van der Waals surface area contributed by atoms with Crippen molar-refractivity contribution in [3.05, 3.63) is 34.3 Å². The standard InChI is InChI=1S/C12H15BrN2O2/c13-10-3-1-9(2-4-10)7-14-12(16)15-11-5-6-17-8-11/h1-4,11H,5-8H2,(H2,14,15,16). The molecule has 2 rings (SSSR count). The largest absolute Gasteiger partial charge is 0.379 e. The van der Waals surface area contributed by atoms with Gasteiger partial charge in [-0.25, -0.2) is 4.79 Å². The fraction of sp³-hybridized carbons (Fsp3) is 0.417. The third kappa shape index (κ3) is 4.02. The Labute approximate surface area is 109 Å². The highest BCUT2D eigenvalue weighted by Crippen LogP contribution is 2.10. The van der Waals surface area contributed by atoms with E-state index in [-0.39, 0.29) is 12.1 Å². The van der Waals surface area contributed by atoms with E-state index in [4.69, 9.17) is 4.74 Å². The van der Waals surface area contributed by atoms with Crippen molar-refractivity contribution in [2.45, 2.75) is 19.0 Å². The third-order valence-electron chi connectivity index (χ3n) is 2.63. The molecule has 0 saturated carbocycles. The maximum absolute atomic E-state index is 11.6. The fourth-order valence-corrected chi connectivity index (χ4v) is 1.93. The van der Waals surface area contributed by atoms with Gasteiger partial charge in [-0.15, -0.1) is 0 Å². The Balaban J connectivity index is 1.73. The fourth-order valence-electron chi connectivity index (χ4n) is 1.67. The SMILES string of the molecule is O=C(NCc1ccc(Br)cc1)NC1CCOC1. The molecule has 1 aromatic carbocycles. The van der Waals surface area contributed by atoms with Gasteiger partial charge in [0.15, 0.2) is 0 Å². The van der Waals surface area contributed by atoms with Crippen LogP contribution in [0.15, 0.2) is 28.7 Å². The smallest absolute Gasteiger partial charge is 0.315 e. The maximum Gasteiger partial charge on any atom is 0.315 e. The van der Waals surface area contributed by atoms with E-state index in [9.17, 15) is 4.79 Å². The molecule has 1 unspecified atom stereocenters. The van der Waals surface area contributed by atoms with Gasteiger partial charge in [-0.1, -0.05) is 28.1 Å². The second-order valence-corrected chi connectivity index (χ2v) is 4.93. The molecule has 1 atom stereocenters. The van der Waals surface area contributed by atoms with Crippen molar-refractivity contribution in [1.82, 2.24) is 10.6 Å². The molecule has 92 valence electrons. The summed E-state index contributed by atoms with van der Waals surface area (Å²) in [6.45, 7) is 1.88. The van der Waals surface area contributed by atoms with Crippen LogP contribution in [-0.4, -0.2) is 25.3 Å². The summed E-state index contributed by atoms with van der Waals surface area (Å²) >= 11 is 3.37. The Morgan fingerprint density at radius 1 is 1.41 bits per heavy atom. The first-order valence-corrected chi connectivity index (χ1v) is 6.40. The lowest BCUT2D eigenvalue weighted by Gasteiger charge is -2.11. The number of benzene rings is 1. The van der Waals surface area contributed by atoms with Crippen molar-refractivity contribution >= 4 is 22.0 Å². The van der Waals surface area contributed by atoms with Crippen LogP contribution in [0.2, 0.25) is 0 Å². The minimum Gasteiger partial charge on any atom is -0.379 e. The Bertz CT molecular complexity index is 375. The summed E-state index contributed by atoms with van der Waals surface area (Å²) in [5, 5.41) is 5.70. The van der Waals surface area contributed by atoms with Gasteiger partial charge < -0.3 is 15.4 Å². The lowest BCUT2D eigenvalue weighted by atomic mass is 10.2. The second-order valence-electron chi connectivity index (χ2n) is 4.01. The molecule has 1 aromatic rings. The summed E-state index contributed by atoms with van der Waals surface area (Å²) in [6, 6.07) is 7.88. The number of carbonyl (C=O) groups excluding carboxylic acids is 1. The van der Waals surface area contributed by atoms with E-state index in [2.05, 4.69) is 26.6 Å². The lowest BCUT2D eigenvalue weighted by Crippen LogP contribution is -2.42. The summed E-state index contributed by atoms with van der Waals surface area (Å²) in [5.41, 5.74) is 1.08. The average molecular weight is 299 g/mol. The van der Waals surface area contributed by atoms with Crippen LogP contribution >= 0.6 is 15.9 Å². The zero-order valence-electron chi connectivity index (χ0n) is 9.41. The molecule has 0 aromatic heterocycles. The predicted octanol–water partition coefficient (Wildman–Crippen LogP) is 2.04. The van der Waals surface area contributed by atoms with Gasteiger partial charge in [0.05, 0.1) is 12.6 Å². The van der Waals surface area contributed by atoms with Crippen LogP contribution in [0.25, 0.3) is 0 Å². The van der Waals surface area contributed by atoms with Crippen molar-refractivity contribution < 1.29 is 9.53 Å². The molecule has 2 N–H and O–H groups in total. The summed E-state index contributed by atoms with van der Waals surface area (Å²) in [4.78, 5) is 11.6. The van der Waals surface area contributed by atoms with Crippen molar-refractivity contribution in [2.24, 2.45) is 0 Å². The van der Waals surface area contributed by atoms with E-state index < -0.39 is 0 Å². The molecule has 1 heterocycles. The van der Waals surface area contributed by atoms with Crippen LogP contribution in [-0.2, 0) is 11.3 Å². The van der Waals surface area contributed by atoms with Crippen LogP contribution in [0.1, 0.15) is 12.0 Å². The van der Waals surface area contributed by atoms with Crippen molar-refractivity contribution in [3.63, 3.8) is 0 Å². The van der Waals surface area contributed by atoms with Crippen molar-refractivity contribution in [2.75, 3.05) is 13.2 Å². The number of halogens is 1. The molecule has 0 spiro atoms. The van der Waals surface area contributed by atoms with Crippen molar-refractivity contribution in [3.8, 4) is 0 Å². The Morgan fingerprint density at radius 2 is 2.18 bits per heavy atom. The highest BCUT2D eigenvalue weighted by molar-refractivity contribution is 9.10. The van der Waals surface area contributed by atoms with Crippen LogP contribution in [0.5, 0.6) is 0 Å². The third-order valence-corrected chi connectivity index (χ3v) is 3.16. The summed E-state index contributed by atoms with van der Waals surface area (Å²) in [6.07, 6.45) is 0.895. The first-order valence-electron chi connectivity index (χ1n) is 5.60. The Morgan fingerprint density at radius 3 is 2.82 bits per heavy atom. The molecular formula is C12H15BrN2O2. The first kappa shape index (κ1) is 12.4. The molecule has 1 saturated heterocycles. The van der Waals surface area contributed by atoms with Gasteiger partial charge in [0.25, 0.3) is 0 Å². The minimum atomic E-state index is -0.136. The summed E-state index contributed by atoms with van der Waals surface area (Å²) in [5.74, 6) is 0. The highest BCUT2D eigenvalue weighted by Gasteiger charge is 2.17. The number of amides is 2. The molecule has 4 nitrogen and oxygen atoms in total. The Kier molecular flexibility index (Phi) is 4.39. The second kappa shape index (κ2) is 6.02. The van der Waals surface area contributed by atoms with Gasteiger partial charge >= 0.3 is 6.03 Å². The molecule has 0 radical (unpaired) electrons. The lowest BCUT2D eigenvalue weighted by molar-refractivity contribution is 0.188. The molecule has 1 aliphatic heterocycles. The number of ether oxygens (including phenoxy) is 1. The number of rotatable bonds is 3. The van der Waals surface area contributed by atoms with Crippen LogP contribution in [0, 0.1) is 0 Å². The summed E-state index contributed by atoms with van der Waals surface area (Å²) < 4.78 is 6.22. The number of urea groups is 1. The van der Waals surface area contributed by atoms with Gasteiger partial charge in [0, 0.05) is 17.6 Å². The minimum absolute atomic E-state index is 0.136. The molecule has 2 amide bonds. The number of hydrogen-bond acceptors (Lipinski definition) is 2. The van der Waals surface area contributed by atoms with Crippen LogP contribution < -0.4 is 10.6 Å². The zero-order chi connectivity index (χ0) is 12.1.